The summed E-state index contributed by atoms with van der Waals surface area (Å²) in [5, 5.41) is 2.46. The van der Waals surface area contributed by atoms with Crippen molar-refractivity contribution < 1.29 is 47.3 Å². The zero-order valence-corrected chi connectivity index (χ0v) is 12.1. The molecule has 0 aromatic rings. The van der Waals surface area contributed by atoms with Crippen molar-refractivity contribution in [1.82, 2.24) is 5.32 Å². The minimum Gasteiger partial charge on any atom is -0.748 e. The number of carbonyl (C=O) groups is 1. The normalized spacial score (nSPS) is 12.5. The smallest absolute Gasteiger partial charge is 0.748 e. The molecule has 0 heterocycles. The molecule has 0 fully saturated rings. The maximum absolute atomic E-state index is 11.0. The molecule has 5 nitrogen and oxygen atoms in total. The molecule has 0 aromatic carbocycles. The van der Waals surface area contributed by atoms with Crippen LogP contribution in [0.5, 0.6) is 0 Å². The molecule has 0 aromatic heterocycles. The first kappa shape index (κ1) is 17.5. The van der Waals surface area contributed by atoms with Gasteiger partial charge in [-0.2, -0.15) is 0 Å². The summed E-state index contributed by atoms with van der Waals surface area (Å²) < 4.78 is 31.0. The predicted octanol–water partition coefficient (Wildman–Crippen LogP) is -3.14. The number of hydrogen-bond acceptors (Lipinski definition) is 4. The molecular weight excluding hydrogens is 229 g/mol. The van der Waals surface area contributed by atoms with Crippen LogP contribution in [0.1, 0.15) is 13.8 Å². The van der Waals surface area contributed by atoms with Gasteiger partial charge >= 0.3 is 29.6 Å². The first-order valence-corrected chi connectivity index (χ1v) is 5.67. The summed E-state index contributed by atoms with van der Waals surface area (Å²) in [5.41, 5.74) is 0.349. The topological polar surface area (TPSA) is 86.3 Å². The van der Waals surface area contributed by atoms with Gasteiger partial charge in [-0.15, -0.1) is 0 Å². The summed E-state index contributed by atoms with van der Waals surface area (Å²) in [7, 11) is -4.22. The van der Waals surface area contributed by atoms with Crippen molar-refractivity contribution in [1.29, 1.82) is 0 Å². The summed E-state index contributed by atoms with van der Waals surface area (Å²) in [6, 6.07) is 0. The molecule has 0 saturated heterocycles. The van der Waals surface area contributed by atoms with Crippen LogP contribution in [0.4, 0.5) is 0 Å². The Labute approximate surface area is 112 Å². The summed E-state index contributed by atoms with van der Waals surface area (Å²) in [6.45, 7) is 6.70. The van der Waals surface area contributed by atoms with E-state index in [4.69, 9.17) is 0 Å². The summed E-state index contributed by atoms with van der Waals surface area (Å²) >= 11 is 0. The Kier molecular flexibility index (Phi) is 8.64. The molecule has 1 atom stereocenters. The van der Waals surface area contributed by atoms with Gasteiger partial charge in [-0.25, -0.2) is 8.42 Å². The minimum atomic E-state index is -4.22. The average Bonchev–Trinajstić information content (AvgIpc) is 1.96. The summed E-state index contributed by atoms with van der Waals surface area (Å²) in [4.78, 5) is 11.0. The molecule has 0 spiro atoms. The Bertz CT molecular complexity index is 326. The number of amides is 1. The van der Waals surface area contributed by atoms with E-state index < -0.39 is 15.9 Å². The second kappa shape index (κ2) is 7.40. The van der Waals surface area contributed by atoms with Gasteiger partial charge in [0.25, 0.3) is 0 Å². The summed E-state index contributed by atoms with van der Waals surface area (Å²) in [6.07, 6.45) is 0. The van der Waals surface area contributed by atoms with Gasteiger partial charge in [0.1, 0.15) is 0 Å². The third-order valence-corrected chi connectivity index (χ3v) is 2.46. The molecule has 0 aliphatic rings. The first-order chi connectivity index (χ1) is 6.22. The SMILES string of the molecule is C=C(C)C(=O)NCC(C)CS(=O)(=O)[O-].[Na+]. The van der Waals surface area contributed by atoms with Gasteiger partial charge in [0.2, 0.25) is 5.91 Å². The van der Waals surface area contributed by atoms with Crippen LogP contribution in [0.2, 0.25) is 0 Å². The Morgan fingerprint density at radius 3 is 2.33 bits per heavy atom. The monoisotopic (exact) mass is 243 g/mol. The van der Waals surface area contributed by atoms with E-state index in [0.29, 0.717) is 5.57 Å². The molecule has 1 unspecified atom stereocenters. The Hall–Kier alpha value is 0.120. The van der Waals surface area contributed by atoms with Crippen LogP contribution in [0.25, 0.3) is 0 Å². The van der Waals surface area contributed by atoms with E-state index in [9.17, 15) is 17.8 Å². The van der Waals surface area contributed by atoms with E-state index >= 15 is 0 Å². The van der Waals surface area contributed by atoms with E-state index in [1.165, 1.54) is 0 Å². The van der Waals surface area contributed by atoms with Crippen molar-refractivity contribution in [2.45, 2.75) is 13.8 Å². The van der Waals surface area contributed by atoms with Gasteiger partial charge in [-0.1, -0.05) is 13.5 Å². The maximum Gasteiger partial charge on any atom is 1.00 e. The Morgan fingerprint density at radius 2 is 2.00 bits per heavy atom. The zero-order valence-electron chi connectivity index (χ0n) is 9.24. The van der Waals surface area contributed by atoms with E-state index in [-0.39, 0.29) is 47.9 Å². The molecule has 7 heteroatoms. The fourth-order valence-corrected chi connectivity index (χ4v) is 1.64. The number of nitrogens with one attached hydrogen (secondary N) is 1. The van der Waals surface area contributed by atoms with Crippen LogP contribution >= 0.6 is 0 Å². The second-order valence-electron chi connectivity index (χ2n) is 3.32. The fraction of sp³-hybridized carbons (Fsp3) is 0.625. The van der Waals surface area contributed by atoms with Crippen LogP contribution in [0.15, 0.2) is 12.2 Å². The van der Waals surface area contributed by atoms with Crippen LogP contribution in [0, 0.1) is 5.92 Å². The van der Waals surface area contributed by atoms with Crippen molar-refractivity contribution in [3.05, 3.63) is 12.2 Å². The molecule has 0 rings (SSSR count). The molecule has 0 bridgehead atoms. The molecular formula is C8H14NNaO4S. The third kappa shape index (κ3) is 10.4. The van der Waals surface area contributed by atoms with Crippen LogP contribution in [-0.2, 0) is 14.9 Å². The standard InChI is InChI=1S/C8H15NO4S.Na/c1-6(2)8(10)9-4-7(3)5-14(11,12)13;/h7H,1,4-5H2,2-3H3,(H,9,10)(H,11,12,13);/q;+1/p-1. The van der Waals surface area contributed by atoms with E-state index in [0.717, 1.165) is 0 Å². The Morgan fingerprint density at radius 1 is 1.53 bits per heavy atom. The van der Waals surface area contributed by atoms with Gasteiger partial charge in [-0.05, 0) is 12.8 Å². The fourth-order valence-electron chi connectivity index (χ4n) is 0.825. The predicted molar refractivity (Wildman–Crippen MR) is 51.6 cm³/mol. The van der Waals surface area contributed by atoms with E-state index in [1.807, 2.05) is 0 Å². The van der Waals surface area contributed by atoms with Gasteiger partial charge in [0.15, 0.2) is 0 Å². The van der Waals surface area contributed by atoms with E-state index in [2.05, 4.69) is 11.9 Å². The van der Waals surface area contributed by atoms with Crippen LogP contribution in [0.3, 0.4) is 0 Å². The summed E-state index contributed by atoms with van der Waals surface area (Å²) in [5.74, 6) is -1.19. The largest absolute Gasteiger partial charge is 1.00 e. The minimum absolute atomic E-state index is 0. The first-order valence-electron chi connectivity index (χ1n) is 4.09. The third-order valence-electron chi connectivity index (χ3n) is 1.49. The molecule has 0 aliphatic heterocycles. The maximum atomic E-state index is 11.0. The van der Waals surface area contributed by atoms with Crippen LogP contribution in [-0.4, -0.2) is 31.2 Å². The quantitative estimate of drug-likeness (QED) is 0.314. The average molecular weight is 243 g/mol. The molecule has 0 aliphatic carbocycles. The number of carbonyl (C=O) groups excluding carboxylic acids is 1. The zero-order chi connectivity index (χ0) is 11.4. The van der Waals surface area contributed by atoms with Crippen molar-refractivity contribution in [2.75, 3.05) is 12.3 Å². The van der Waals surface area contributed by atoms with E-state index in [1.54, 1.807) is 13.8 Å². The van der Waals surface area contributed by atoms with Crippen molar-refractivity contribution in [3.63, 3.8) is 0 Å². The molecule has 82 valence electrons. The van der Waals surface area contributed by atoms with Gasteiger partial charge < -0.3 is 9.87 Å². The Balaban J connectivity index is 0. The number of rotatable bonds is 5. The number of hydrogen-bond donors (Lipinski definition) is 1. The molecule has 1 N–H and O–H groups in total. The molecule has 0 saturated carbocycles. The molecule has 15 heavy (non-hydrogen) atoms. The van der Waals surface area contributed by atoms with Crippen LogP contribution < -0.4 is 34.9 Å². The van der Waals surface area contributed by atoms with Crippen molar-refractivity contribution in [3.8, 4) is 0 Å². The van der Waals surface area contributed by atoms with Gasteiger partial charge in [0.05, 0.1) is 10.1 Å². The molecule has 0 radical (unpaired) electrons. The van der Waals surface area contributed by atoms with Crippen molar-refractivity contribution in [2.24, 2.45) is 5.92 Å². The second-order valence-corrected chi connectivity index (χ2v) is 4.77. The molecule has 1 amide bonds. The van der Waals surface area contributed by atoms with Crippen molar-refractivity contribution >= 4 is 16.0 Å². The van der Waals surface area contributed by atoms with Gasteiger partial charge in [-0.3, -0.25) is 4.79 Å². The van der Waals surface area contributed by atoms with Gasteiger partial charge in [0, 0.05) is 17.9 Å².